The lowest BCUT2D eigenvalue weighted by Gasteiger charge is -2.26. The Morgan fingerprint density at radius 3 is 0.500 bits per heavy atom. The van der Waals surface area contributed by atoms with E-state index in [1.54, 1.807) is 0 Å². The largest absolute Gasteiger partial charge is 0.232 e. The van der Waals surface area contributed by atoms with Gasteiger partial charge >= 0.3 is 0 Å². The highest BCUT2D eigenvalue weighted by Gasteiger charge is 3.50. The van der Waals surface area contributed by atoms with Gasteiger partial charge in [-0.1, -0.05) is 0 Å². The third kappa shape index (κ3) is 0.120. The second-order valence-corrected chi connectivity index (χ2v) is 3.95. The van der Waals surface area contributed by atoms with Gasteiger partial charge in [0, 0.05) is 0 Å². The summed E-state index contributed by atoms with van der Waals surface area (Å²) in [6.07, 6.45) is 0. The first-order valence-corrected chi connectivity index (χ1v) is 3.38. The lowest BCUT2D eigenvalue weighted by Crippen LogP contribution is -2.54. The molecule has 0 saturated heterocycles. The Bertz CT molecular complexity index is 234. The molecule has 0 atom stereocenters. The van der Waals surface area contributed by atoms with E-state index < -0.39 is 34.0 Å². The molecule has 5 saturated carbocycles. The van der Waals surface area contributed by atoms with Crippen molar-refractivity contribution in [3.05, 3.63) is 0 Å². The summed E-state index contributed by atoms with van der Waals surface area (Å²) in [5.74, 6) is 0. The molecule has 5 aliphatic rings. The van der Waals surface area contributed by atoms with Gasteiger partial charge in [0.25, 0.3) is 0 Å². The van der Waals surface area contributed by atoms with Crippen LogP contribution in [0.5, 0.6) is 0 Å². The summed E-state index contributed by atoms with van der Waals surface area (Å²) in [5.41, 5.74) is -21.2. The van der Waals surface area contributed by atoms with E-state index in [9.17, 15) is 26.3 Å². The number of rotatable bonds is 0. The molecule has 66 valence electrons. The Balaban J connectivity index is 2.08. The van der Waals surface area contributed by atoms with Crippen molar-refractivity contribution in [1.82, 2.24) is 0 Å². The van der Waals surface area contributed by atoms with Gasteiger partial charge in [0.05, 0.1) is 0 Å². The van der Waals surface area contributed by atoms with Gasteiger partial charge in [-0.25, -0.2) is 26.3 Å². The van der Waals surface area contributed by atoms with Crippen molar-refractivity contribution in [2.45, 2.75) is 34.0 Å². The summed E-state index contributed by atoms with van der Waals surface area (Å²) < 4.78 is 76.7. The van der Waals surface area contributed by atoms with Gasteiger partial charge in [-0.05, 0) is 0 Å². The van der Waals surface area contributed by atoms with Gasteiger partial charge in [-0.3, -0.25) is 0 Å². The van der Waals surface area contributed by atoms with E-state index >= 15 is 0 Å². The fourth-order valence-corrected chi connectivity index (χ4v) is 3.57. The van der Waals surface area contributed by atoms with Crippen LogP contribution in [0.1, 0.15) is 0 Å². The first-order chi connectivity index (χ1) is 5.25. The summed E-state index contributed by atoms with van der Waals surface area (Å²) in [6.45, 7) is 0. The fraction of sp³-hybridized carbons (Fsp3) is 1.00. The molecule has 6 heteroatoms. The molecule has 0 nitrogen and oxygen atoms in total. The van der Waals surface area contributed by atoms with Crippen molar-refractivity contribution in [2.24, 2.45) is 0 Å². The minimum atomic E-state index is -3.53. The van der Waals surface area contributed by atoms with E-state index in [0.717, 1.165) is 0 Å². The minimum Gasteiger partial charge on any atom is -0.232 e. The molecule has 5 rings (SSSR count). The first-order valence-electron chi connectivity index (χ1n) is 3.38. The molecule has 12 heavy (non-hydrogen) atoms. The first kappa shape index (κ1) is 6.10. The number of alkyl halides is 6. The molecule has 0 aromatic carbocycles. The van der Waals surface area contributed by atoms with Crippen LogP contribution in [0.3, 0.4) is 0 Å². The maximum absolute atomic E-state index is 12.8. The Kier molecular flexibility index (Phi) is 0.390. The van der Waals surface area contributed by atoms with E-state index in [4.69, 9.17) is 0 Å². The van der Waals surface area contributed by atoms with Crippen LogP contribution >= 0.6 is 0 Å². The molecule has 0 aliphatic heterocycles. The van der Waals surface area contributed by atoms with Crippen molar-refractivity contribution in [3.63, 3.8) is 0 Å². The maximum Gasteiger partial charge on any atom is 0.232 e. The second-order valence-electron chi connectivity index (χ2n) is 3.95. The van der Waals surface area contributed by atoms with Crippen LogP contribution < -0.4 is 0 Å². The third-order valence-corrected chi connectivity index (χ3v) is 4.15. The van der Waals surface area contributed by atoms with E-state index in [-0.39, 0.29) is 0 Å². The summed E-state index contributed by atoms with van der Waals surface area (Å²) >= 11 is 0. The predicted octanol–water partition coefficient (Wildman–Crippen LogP) is 1.29. The summed E-state index contributed by atoms with van der Waals surface area (Å²) in [6, 6.07) is 0. The number of hydrogen-bond donors (Lipinski definition) is 0. The van der Waals surface area contributed by atoms with Crippen molar-refractivity contribution >= 4 is 0 Å². The molecule has 5 aliphatic carbocycles. The van der Waals surface area contributed by atoms with Crippen LogP contribution in [0.25, 0.3) is 0 Å². The molecule has 0 amide bonds. The summed E-state index contributed by atoms with van der Waals surface area (Å²) in [7, 11) is 0. The van der Waals surface area contributed by atoms with Crippen LogP contribution in [0, 0.1) is 0 Å². The summed E-state index contributed by atoms with van der Waals surface area (Å²) in [5, 5.41) is 0. The van der Waals surface area contributed by atoms with E-state index in [1.165, 1.54) is 0 Å². The average Bonchev–Trinajstić information content (AvgIpc) is 2.54. The zero-order valence-corrected chi connectivity index (χ0v) is 5.27. The van der Waals surface area contributed by atoms with Crippen LogP contribution in [0.15, 0.2) is 0 Å². The highest BCUT2D eigenvalue weighted by Crippen LogP contribution is 3.17. The van der Waals surface area contributed by atoms with Crippen molar-refractivity contribution in [3.8, 4) is 0 Å². The Morgan fingerprint density at radius 2 is 0.417 bits per heavy atom. The van der Waals surface area contributed by atoms with E-state index in [0.29, 0.717) is 0 Å². The van der Waals surface area contributed by atoms with Crippen molar-refractivity contribution < 1.29 is 26.3 Å². The lowest BCUT2D eigenvalue weighted by atomic mass is 9.90. The van der Waals surface area contributed by atoms with Crippen LogP contribution in [-0.2, 0) is 0 Å². The fourth-order valence-electron chi connectivity index (χ4n) is 3.57. The van der Waals surface area contributed by atoms with Gasteiger partial charge in [-0.15, -0.1) is 0 Å². The smallest absolute Gasteiger partial charge is 0.232 e. The predicted molar refractivity (Wildman–Crippen MR) is 23.0 cm³/mol. The Labute approximate surface area is 61.5 Å². The molecule has 0 N–H and O–H groups in total. The zero-order valence-electron chi connectivity index (χ0n) is 5.27. The Hall–Kier alpha value is -0.420. The molecular weight excluding hydrogens is 186 g/mol. The normalized spacial score (nSPS) is 97.5. The van der Waals surface area contributed by atoms with E-state index in [2.05, 4.69) is 0 Å². The molecule has 0 heterocycles. The summed E-state index contributed by atoms with van der Waals surface area (Å²) in [4.78, 5) is 0. The van der Waals surface area contributed by atoms with Crippen molar-refractivity contribution in [1.29, 1.82) is 0 Å². The quantitative estimate of drug-likeness (QED) is 0.500. The molecule has 0 bridgehead atoms. The van der Waals surface area contributed by atoms with Crippen LogP contribution in [0.4, 0.5) is 26.3 Å². The molecule has 0 aromatic heterocycles. The van der Waals surface area contributed by atoms with Crippen LogP contribution in [-0.4, -0.2) is 34.0 Å². The van der Waals surface area contributed by atoms with Gasteiger partial charge in [0.1, 0.15) is 0 Å². The monoisotopic (exact) mass is 186 g/mol. The highest BCUT2D eigenvalue weighted by atomic mass is 19.2. The second kappa shape index (κ2) is 0.767. The van der Waals surface area contributed by atoms with Gasteiger partial charge < -0.3 is 0 Å². The molecule has 5 fully saturated rings. The van der Waals surface area contributed by atoms with Crippen molar-refractivity contribution in [2.75, 3.05) is 0 Å². The van der Waals surface area contributed by atoms with Crippen LogP contribution in [0.2, 0.25) is 0 Å². The molecule has 0 spiro atoms. The van der Waals surface area contributed by atoms with E-state index in [1.807, 2.05) is 0 Å². The number of hydrogen-bond acceptors (Lipinski definition) is 0. The number of halogens is 6. The van der Waals surface area contributed by atoms with Gasteiger partial charge in [0.15, 0.2) is 0 Å². The average molecular weight is 186 g/mol. The maximum atomic E-state index is 12.8. The SMILES string of the molecule is FC12C3(F)C1(F)C1(F)C2(F)C31F. The van der Waals surface area contributed by atoms with Gasteiger partial charge in [0.2, 0.25) is 34.0 Å². The molecule has 0 radical (unpaired) electrons. The Morgan fingerprint density at radius 1 is 0.333 bits per heavy atom. The molecule has 0 aromatic rings. The van der Waals surface area contributed by atoms with Gasteiger partial charge in [-0.2, -0.15) is 0 Å². The highest BCUT2D eigenvalue weighted by molar-refractivity contribution is 5.94. The molecule has 0 unspecified atom stereocenters. The topological polar surface area (TPSA) is 0 Å². The standard InChI is InChI=1S/C6F6/c7-1-2(8)3(1,9)6(12)4(1,10)5(2,6)11. The molecular formula is C6F6. The third-order valence-electron chi connectivity index (χ3n) is 4.15. The zero-order chi connectivity index (χ0) is 9.00. The lowest BCUT2D eigenvalue weighted by molar-refractivity contribution is -0.0969. The minimum absolute atomic E-state index is 3.53.